The maximum Gasteiger partial charge on any atom is 0.0345 e. The van der Waals surface area contributed by atoms with Gasteiger partial charge in [0.25, 0.3) is 0 Å². The second-order valence-electron chi connectivity index (χ2n) is 2.83. The Kier molecular flexibility index (Phi) is 2.31. The van der Waals surface area contributed by atoms with Crippen molar-refractivity contribution in [2.45, 2.75) is 0 Å². The number of aromatic nitrogens is 3. The zero-order valence-corrected chi connectivity index (χ0v) is 9.53. The molecule has 0 saturated carbocycles. The van der Waals surface area contributed by atoms with Crippen LogP contribution < -0.4 is 0 Å². The summed E-state index contributed by atoms with van der Waals surface area (Å²) in [5, 5.41) is 1.10. The van der Waals surface area contributed by atoms with Gasteiger partial charge >= 0.3 is 0 Å². The average molecular weight is 360 g/mol. The minimum atomic E-state index is 0. The van der Waals surface area contributed by atoms with Crippen molar-refractivity contribution in [2.75, 3.05) is 0 Å². The molecule has 0 aliphatic rings. The van der Waals surface area contributed by atoms with Crippen LogP contribution in [0.4, 0.5) is 0 Å². The van der Waals surface area contributed by atoms with Crippen molar-refractivity contribution in [2.24, 2.45) is 0 Å². The van der Waals surface area contributed by atoms with Crippen molar-refractivity contribution in [3.63, 3.8) is 0 Å². The number of nitrogens with zero attached hydrogens (tertiary/aromatic N) is 3. The molecule has 3 heterocycles. The summed E-state index contributed by atoms with van der Waals surface area (Å²) < 4.78 is 1.86. The van der Waals surface area contributed by atoms with Gasteiger partial charge in [-0.15, -0.1) is 0 Å². The molecule has 0 atom stereocenters. The second kappa shape index (κ2) is 3.48. The third kappa shape index (κ3) is 1.24. The first-order valence-electron chi connectivity index (χ1n) is 4.04. The number of hydrogen-bond donors (Lipinski definition) is 0. The number of rotatable bonds is 0. The molecular formula is C10H6IrN3-. The van der Waals surface area contributed by atoms with Gasteiger partial charge in [-0.3, -0.25) is 0 Å². The van der Waals surface area contributed by atoms with Crippen molar-refractivity contribution in [1.82, 2.24) is 14.4 Å². The molecule has 0 aromatic carbocycles. The summed E-state index contributed by atoms with van der Waals surface area (Å²) in [5.74, 6) is 0. The number of pyridine rings is 2. The molecule has 71 valence electrons. The Morgan fingerprint density at radius 3 is 3.00 bits per heavy atom. The molecule has 3 aromatic rings. The van der Waals surface area contributed by atoms with Crippen LogP contribution in [0.1, 0.15) is 0 Å². The molecular weight excluding hydrogens is 354 g/mol. The summed E-state index contributed by atoms with van der Waals surface area (Å²) in [7, 11) is 0. The molecule has 3 aromatic heterocycles. The van der Waals surface area contributed by atoms with Gasteiger partial charge in [0.15, 0.2) is 0 Å². The van der Waals surface area contributed by atoms with Gasteiger partial charge in [-0.1, -0.05) is 24.4 Å². The zero-order chi connectivity index (χ0) is 8.67. The van der Waals surface area contributed by atoms with E-state index in [1.807, 2.05) is 28.7 Å². The van der Waals surface area contributed by atoms with E-state index < -0.39 is 0 Å². The van der Waals surface area contributed by atoms with Crippen molar-refractivity contribution >= 4 is 16.7 Å². The quantitative estimate of drug-likeness (QED) is 0.571. The maximum atomic E-state index is 4.27. The van der Waals surface area contributed by atoms with E-state index in [9.17, 15) is 0 Å². The van der Waals surface area contributed by atoms with Gasteiger partial charge in [0.05, 0.1) is 0 Å². The van der Waals surface area contributed by atoms with E-state index in [-0.39, 0.29) is 20.1 Å². The Labute approximate surface area is 94.1 Å². The fourth-order valence-corrected chi connectivity index (χ4v) is 1.45. The molecule has 0 spiro atoms. The van der Waals surface area contributed by atoms with Gasteiger partial charge < -0.3 is 14.4 Å². The Bertz CT molecular complexity index is 573. The van der Waals surface area contributed by atoms with Crippen molar-refractivity contribution < 1.29 is 20.1 Å². The van der Waals surface area contributed by atoms with Gasteiger partial charge in [-0.25, -0.2) is 0 Å². The van der Waals surface area contributed by atoms with Crippen LogP contribution >= 0.6 is 0 Å². The average Bonchev–Trinajstić information content (AvgIpc) is 2.65. The Morgan fingerprint density at radius 1 is 1.14 bits per heavy atom. The van der Waals surface area contributed by atoms with E-state index in [4.69, 9.17) is 0 Å². The number of fused-ring (bicyclic) bond motifs is 3. The molecule has 0 unspecified atom stereocenters. The molecule has 0 aliphatic heterocycles. The summed E-state index contributed by atoms with van der Waals surface area (Å²) in [6.45, 7) is 0. The van der Waals surface area contributed by atoms with Crippen LogP contribution in [0, 0.1) is 6.20 Å². The summed E-state index contributed by atoms with van der Waals surface area (Å²) in [5.41, 5.74) is 1.78. The van der Waals surface area contributed by atoms with E-state index in [1.54, 1.807) is 12.4 Å². The van der Waals surface area contributed by atoms with E-state index in [0.29, 0.717) is 0 Å². The maximum absolute atomic E-state index is 4.27. The first-order valence-corrected chi connectivity index (χ1v) is 4.04. The second-order valence-corrected chi connectivity index (χ2v) is 2.83. The number of hydrogen-bond acceptors (Lipinski definition) is 2. The fourth-order valence-electron chi connectivity index (χ4n) is 1.45. The van der Waals surface area contributed by atoms with Crippen molar-refractivity contribution in [1.29, 1.82) is 0 Å². The molecule has 0 N–H and O–H groups in total. The van der Waals surface area contributed by atoms with Crippen LogP contribution in [-0.4, -0.2) is 14.4 Å². The molecule has 3 nitrogen and oxygen atoms in total. The molecule has 0 amide bonds. The third-order valence-corrected chi connectivity index (χ3v) is 2.05. The van der Waals surface area contributed by atoms with Crippen LogP contribution in [0.15, 0.2) is 36.7 Å². The van der Waals surface area contributed by atoms with Gasteiger partial charge in [0.2, 0.25) is 0 Å². The molecule has 4 heteroatoms. The predicted octanol–water partition coefficient (Wildman–Crippen LogP) is 1.68. The smallest absolute Gasteiger partial charge is 0.0345 e. The fraction of sp³-hybridized carbons (Fsp3) is 0. The summed E-state index contributed by atoms with van der Waals surface area (Å²) in [6, 6.07) is 7.92. The van der Waals surface area contributed by atoms with E-state index >= 15 is 0 Å². The summed E-state index contributed by atoms with van der Waals surface area (Å²) in [4.78, 5) is 8.41. The Hall–Kier alpha value is -1.25. The first-order chi connectivity index (χ1) is 6.45. The Morgan fingerprint density at radius 2 is 2.07 bits per heavy atom. The topological polar surface area (TPSA) is 30.2 Å². The monoisotopic (exact) mass is 361 g/mol. The van der Waals surface area contributed by atoms with E-state index in [0.717, 1.165) is 16.7 Å². The van der Waals surface area contributed by atoms with Crippen LogP contribution in [0.25, 0.3) is 16.7 Å². The first kappa shape index (κ1) is 9.31. The van der Waals surface area contributed by atoms with Crippen LogP contribution in [-0.2, 0) is 20.1 Å². The van der Waals surface area contributed by atoms with Crippen molar-refractivity contribution in [3.8, 4) is 0 Å². The Balaban J connectivity index is 0.000000750. The van der Waals surface area contributed by atoms with Crippen molar-refractivity contribution in [3.05, 3.63) is 42.9 Å². The van der Waals surface area contributed by atoms with Gasteiger partial charge in [0, 0.05) is 37.6 Å². The predicted molar refractivity (Wildman–Crippen MR) is 49.3 cm³/mol. The molecule has 0 saturated heterocycles. The van der Waals surface area contributed by atoms with Crippen LogP contribution in [0.5, 0.6) is 0 Å². The minimum Gasteiger partial charge on any atom is -0.447 e. The van der Waals surface area contributed by atoms with Gasteiger partial charge in [-0.05, 0) is 17.6 Å². The largest absolute Gasteiger partial charge is 0.447 e. The standard InChI is InChI=1S/C10H6N3.Ir/c1-2-8-3-4-9-11-6-7-13(9)10(8)12-5-1;/h1-6H;/q-1;. The van der Waals surface area contributed by atoms with Crippen LogP contribution in [0.3, 0.4) is 0 Å². The molecule has 1 radical (unpaired) electrons. The summed E-state index contributed by atoms with van der Waals surface area (Å²) in [6.07, 6.45) is 6.44. The van der Waals surface area contributed by atoms with Gasteiger partial charge in [-0.2, -0.15) is 0 Å². The molecule has 0 bridgehead atoms. The summed E-state index contributed by atoms with van der Waals surface area (Å²) >= 11 is 0. The minimum absolute atomic E-state index is 0. The van der Waals surface area contributed by atoms with Gasteiger partial charge in [0.1, 0.15) is 0 Å². The zero-order valence-electron chi connectivity index (χ0n) is 7.14. The normalized spacial score (nSPS) is 10.3. The SMILES string of the molecule is [Ir].[c-]1cnc2ccc3cccnc3n12. The van der Waals surface area contributed by atoms with Crippen LogP contribution in [0.2, 0.25) is 0 Å². The van der Waals surface area contributed by atoms with E-state index in [2.05, 4.69) is 16.2 Å². The third-order valence-electron chi connectivity index (χ3n) is 2.05. The number of imidazole rings is 1. The molecule has 0 fully saturated rings. The van der Waals surface area contributed by atoms with E-state index in [1.165, 1.54) is 0 Å². The molecule has 14 heavy (non-hydrogen) atoms. The molecule has 0 aliphatic carbocycles. The molecule has 3 rings (SSSR count).